The highest BCUT2D eigenvalue weighted by Crippen LogP contribution is 2.31. The van der Waals surface area contributed by atoms with Crippen molar-refractivity contribution in [2.45, 2.75) is 43.2 Å². The minimum atomic E-state index is -0.530. The number of nitrogens with two attached hydrogens (primary N) is 1. The first-order valence-electron chi connectivity index (χ1n) is 10.7. The lowest BCUT2D eigenvalue weighted by molar-refractivity contribution is -0.142. The zero-order valence-corrected chi connectivity index (χ0v) is 19.7. The Balaban J connectivity index is 1.66. The van der Waals surface area contributed by atoms with Gasteiger partial charge in [-0.1, -0.05) is 30.2 Å². The molecule has 172 valence electrons. The molecule has 0 atom stereocenters. The average molecular weight is 477 g/mol. The molecule has 0 bridgehead atoms. The van der Waals surface area contributed by atoms with Gasteiger partial charge in [-0.05, 0) is 43.9 Å². The Kier molecular flexibility index (Phi) is 8.92. The van der Waals surface area contributed by atoms with Gasteiger partial charge in [0.1, 0.15) is 0 Å². The molecule has 0 saturated heterocycles. The van der Waals surface area contributed by atoms with Crippen LogP contribution in [0.15, 0.2) is 34.7 Å². The zero-order chi connectivity index (χ0) is 22.9. The topological polar surface area (TPSA) is 115 Å². The number of ether oxygens (including phenoxy) is 1. The fraction of sp³-hybridized carbons (Fsp3) is 0.455. The maximum atomic E-state index is 13.2. The standard InChI is InChI=1S/C22H28N4O4S2/c1-2-30-18(27)10-11-31-19-13-24-21(32-19)25-22(29)26(14-15-6-3-4-7-15)17-9-5-8-16(12-17)20(23)28/h5,8-9,12-13,15H,2-4,6-7,10-11,14H2,1H3,(H2,23,28)(H,24,25,29). The predicted octanol–water partition coefficient (Wildman–Crippen LogP) is 4.52. The van der Waals surface area contributed by atoms with E-state index in [0.29, 0.717) is 47.6 Å². The predicted molar refractivity (Wildman–Crippen MR) is 127 cm³/mol. The van der Waals surface area contributed by atoms with Crippen molar-refractivity contribution in [2.75, 3.05) is 29.1 Å². The number of nitrogens with zero attached hydrogens (tertiary/aromatic N) is 2. The van der Waals surface area contributed by atoms with Crippen LogP contribution in [0.2, 0.25) is 0 Å². The Morgan fingerprint density at radius 2 is 2.09 bits per heavy atom. The van der Waals surface area contributed by atoms with Gasteiger partial charge < -0.3 is 10.5 Å². The summed E-state index contributed by atoms with van der Waals surface area (Å²) in [4.78, 5) is 42.2. The van der Waals surface area contributed by atoms with Crippen molar-refractivity contribution >= 4 is 51.8 Å². The third-order valence-corrected chi connectivity index (χ3v) is 7.27. The number of thiazole rings is 1. The smallest absolute Gasteiger partial charge is 0.328 e. The van der Waals surface area contributed by atoms with E-state index in [1.807, 2.05) is 0 Å². The van der Waals surface area contributed by atoms with Crippen molar-refractivity contribution in [1.82, 2.24) is 4.98 Å². The number of nitrogens with one attached hydrogen (secondary N) is 1. The number of rotatable bonds is 10. The first-order valence-corrected chi connectivity index (χ1v) is 12.5. The Morgan fingerprint density at radius 1 is 1.31 bits per heavy atom. The van der Waals surface area contributed by atoms with Crippen LogP contribution in [0.3, 0.4) is 0 Å². The van der Waals surface area contributed by atoms with Crippen LogP contribution < -0.4 is 16.0 Å². The number of aromatic nitrogens is 1. The Labute approximate surface area is 195 Å². The normalized spacial score (nSPS) is 13.7. The fourth-order valence-corrected chi connectivity index (χ4v) is 5.45. The minimum Gasteiger partial charge on any atom is -0.466 e. The number of thioether (sulfide) groups is 1. The van der Waals surface area contributed by atoms with Crippen molar-refractivity contribution < 1.29 is 19.1 Å². The molecule has 2 aromatic rings. The summed E-state index contributed by atoms with van der Waals surface area (Å²) in [6.07, 6.45) is 6.50. The maximum absolute atomic E-state index is 13.2. The second kappa shape index (κ2) is 11.9. The highest BCUT2D eigenvalue weighted by Gasteiger charge is 2.24. The van der Waals surface area contributed by atoms with Crippen LogP contribution >= 0.6 is 23.1 Å². The quantitative estimate of drug-likeness (QED) is 0.385. The molecule has 32 heavy (non-hydrogen) atoms. The van der Waals surface area contributed by atoms with Gasteiger partial charge in [-0.2, -0.15) is 0 Å². The molecule has 3 N–H and O–H groups in total. The molecule has 1 aromatic heterocycles. The summed E-state index contributed by atoms with van der Waals surface area (Å²) in [6.45, 7) is 2.73. The van der Waals surface area contributed by atoms with Gasteiger partial charge in [-0.25, -0.2) is 9.78 Å². The van der Waals surface area contributed by atoms with Gasteiger partial charge >= 0.3 is 12.0 Å². The molecule has 1 aliphatic carbocycles. The van der Waals surface area contributed by atoms with Gasteiger partial charge in [0.15, 0.2) is 5.13 Å². The van der Waals surface area contributed by atoms with E-state index in [2.05, 4.69) is 10.3 Å². The second-order valence-electron chi connectivity index (χ2n) is 7.49. The van der Waals surface area contributed by atoms with Gasteiger partial charge in [0.25, 0.3) is 0 Å². The number of hydrogen-bond acceptors (Lipinski definition) is 7. The van der Waals surface area contributed by atoms with E-state index in [0.717, 1.165) is 17.1 Å². The number of primary amides is 1. The molecule has 1 heterocycles. The van der Waals surface area contributed by atoms with E-state index in [1.165, 1.54) is 35.9 Å². The summed E-state index contributed by atoms with van der Waals surface area (Å²) < 4.78 is 5.83. The summed E-state index contributed by atoms with van der Waals surface area (Å²) >= 11 is 2.85. The van der Waals surface area contributed by atoms with Gasteiger partial charge in [-0.15, -0.1) is 11.8 Å². The Hall–Kier alpha value is -2.59. The fourth-order valence-electron chi connectivity index (χ4n) is 3.59. The van der Waals surface area contributed by atoms with Crippen LogP contribution in [0.4, 0.5) is 15.6 Å². The third kappa shape index (κ3) is 6.96. The molecule has 1 saturated carbocycles. The van der Waals surface area contributed by atoms with Crippen molar-refractivity contribution in [3.8, 4) is 0 Å². The number of benzene rings is 1. The maximum Gasteiger partial charge on any atom is 0.328 e. The van der Waals surface area contributed by atoms with Crippen LogP contribution in [0, 0.1) is 5.92 Å². The van der Waals surface area contributed by atoms with Crippen molar-refractivity contribution in [3.05, 3.63) is 36.0 Å². The number of amides is 3. The molecular weight excluding hydrogens is 448 g/mol. The largest absolute Gasteiger partial charge is 0.466 e. The van der Waals surface area contributed by atoms with Crippen LogP contribution in [0.25, 0.3) is 0 Å². The Bertz CT molecular complexity index is 944. The molecule has 8 nitrogen and oxygen atoms in total. The van der Waals surface area contributed by atoms with E-state index in [1.54, 1.807) is 42.3 Å². The molecule has 0 aliphatic heterocycles. The van der Waals surface area contributed by atoms with Gasteiger partial charge in [0.2, 0.25) is 5.91 Å². The molecule has 3 rings (SSSR count). The van der Waals surface area contributed by atoms with Crippen LogP contribution in [-0.2, 0) is 9.53 Å². The molecule has 0 unspecified atom stereocenters. The number of esters is 1. The summed E-state index contributed by atoms with van der Waals surface area (Å²) in [7, 11) is 0. The first-order chi connectivity index (χ1) is 15.5. The molecular formula is C22H28N4O4S2. The molecule has 3 amide bonds. The molecule has 1 aliphatic rings. The molecule has 0 spiro atoms. The van der Waals surface area contributed by atoms with Gasteiger partial charge in [0.05, 0.1) is 23.4 Å². The lowest BCUT2D eigenvalue weighted by Crippen LogP contribution is -2.38. The lowest BCUT2D eigenvalue weighted by Gasteiger charge is -2.26. The molecule has 1 fully saturated rings. The van der Waals surface area contributed by atoms with Crippen LogP contribution in [-0.4, -0.2) is 41.8 Å². The van der Waals surface area contributed by atoms with Crippen LogP contribution in [0.1, 0.15) is 49.4 Å². The highest BCUT2D eigenvalue weighted by molar-refractivity contribution is 8.01. The number of carbonyl (C=O) groups is 3. The SMILES string of the molecule is CCOC(=O)CCSc1cnc(NC(=O)N(CC2CCCC2)c2cccc(C(N)=O)c2)s1. The summed E-state index contributed by atoms with van der Waals surface area (Å²) in [5, 5.41) is 3.36. The highest BCUT2D eigenvalue weighted by atomic mass is 32.2. The summed E-state index contributed by atoms with van der Waals surface area (Å²) in [6, 6.07) is 6.52. The van der Waals surface area contributed by atoms with E-state index < -0.39 is 5.91 Å². The van der Waals surface area contributed by atoms with Crippen molar-refractivity contribution in [3.63, 3.8) is 0 Å². The van der Waals surface area contributed by atoms with Crippen molar-refractivity contribution in [2.24, 2.45) is 11.7 Å². The van der Waals surface area contributed by atoms with E-state index in [4.69, 9.17) is 10.5 Å². The van der Waals surface area contributed by atoms with Crippen LogP contribution in [0.5, 0.6) is 0 Å². The summed E-state index contributed by atoms with van der Waals surface area (Å²) in [5.74, 6) is 0.252. The molecule has 1 aromatic carbocycles. The number of anilines is 2. The van der Waals surface area contributed by atoms with E-state index >= 15 is 0 Å². The minimum absolute atomic E-state index is 0.223. The van der Waals surface area contributed by atoms with E-state index in [9.17, 15) is 14.4 Å². The average Bonchev–Trinajstić information content (AvgIpc) is 3.44. The molecule has 10 heteroatoms. The third-order valence-electron chi connectivity index (χ3n) is 5.16. The number of urea groups is 1. The lowest BCUT2D eigenvalue weighted by atomic mass is 10.1. The first kappa shape index (κ1) is 24.1. The van der Waals surface area contributed by atoms with Crippen molar-refractivity contribution in [1.29, 1.82) is 0 Å². The van der Waals surface area contributed by atoms with Gasteiger partial charge in [-0.3, -0.25) is 19.8 Å². The number of hydrogen-bond donors (Lipinski definition) is 2. The summed E-state index contributed by atoms with van der Waals surface area (Å²) in [5.41, 5.74) is 6.42. The zero-order valence-electron chi connectivity index (χ0n) is 18.0. The Morgan fingerprint density at radius 3 is 2.81 bits per heavy atom. The monoisotopic (exact) mass is 476 g/mol. The number of carbonyl (C=O) groups excluding carboxylic acids is 3. The van der Waals surface area contributed by atoms with Gasteiger partial charge in [0, 0.05) is 23.5 Å². The molecule has 0 radical (unpaired) electrons. The van der Waals surface area contributed by atoms with E-state index in [-0.39, 0.29) is 12.0 Å². The second-order valence-corrected chi connectivity index (χ2v) is 9.92.